The number of fused-ring (bicyclic) bond motifs is 2. The summed E-state index contributed by atoms with van der Waals surface area (Å²) in [6.45, 7) is 0.959. The Hall–Kier alpha value is -1.02. The van der Waals surface area contributed by atoms with Crippen LogP contribution in [-0.4, -0.2) is 23.4 Å². The minimum atomic E-state index is 0.193. The number of piperidine rings is 1. The molecule has 1 aliphatic carbocycles. The van der Waals surface area contributed by atoms with E-state index in [-0.39, 0.29) is 5.91 Å². The molecule has 0 spiro atoms. The molecule has 2 unspecified atom stereocenters. The molecule has 1 aliphatic heterocycles. The highest BCUT2D eigenvalue weighted by Gasteiger charge is 2.40. The van der Waals surface area contributed by atoms with Gasteiger partial charge < -0.3 is 4.90 Å². The van der Waals surface area contributed by atoms with E-state index < -0.39 is 0 Å². The fourth-order valence-electron chi connectivity index (χ4n) is 3.08. The lowest BCUT2D eigenvalue weighted by molar-refractivity contribution is 0.0703. The first-order valence-corrected chi connectivity index (χ1v) is 6.77. The molecule has 1 saturated carbocycles. The third-order valence-electron chi connectivity index (χ3n) is 4.03. The van der Waals surface area contributed by atoms with E-state index in [4.69, 9.17) is 11.6 Å². The lowest BCUT2D eigenvalue weighted by atomic mass is 10.1. The zero-order chi connectivity index (χ0) is 11.8. The van der Waals surface area contributed by atoms with Gasteiger partial charge in [0.05, 0.1) is 0 Å². The van der Waals surface area contributed by atoms with E-state index in [1.165, 1.54) is 19.3 Å². The summed E-state index contributed by atoms with van der Waals surface area (Å²) in [4.78, 5) is 14.4. The number of hydrogen-bond acceptors (Lipinski definition) is 1. The third kappa shape index (κ3) is 1.95. The van der Waals surface area contributed by atoms with Gasteiger partial charge in [0.2, 0.25) is 0 Å². The predicted octanol–water partition coefficient (Wildman–Crippen LogP) is 3.05. The Labute approximate surface area is 107 Å². The molecule has 1 aromatic carbocycles. The summed E-state index contributed by atoms with van der Waals surface area (Å²) < 4.78 is 0. The van der Waals surface area contributed by atoms with Crippen molar-refractivity contribution >= 4 is 17.5 Å². The third-order valence-corrected chi connectivity index (χ3v) is 4.33. The van der Waals surface area contributed by atoms with Crippen molar-refractivity contribution in [3.63, 3.8) is 0 Å². The number of halogens is 1. The second kappa shape index (κ2) is 4.34. The molecule has 1 saturated heterocycles. The average Bonchev–Trinajstić information content (AvgIpc) is 3.00. The van der Waals surface area contributed by atoms with Gasteiger partial charge in [-0.25, -0.2) is 0 Å². The molecule has 2 aliphatic rings. The number of carbonyl (C=O) groups excluding carboxylic acids is 1. The number of likely N-dealkylation sites (tertiary alicyclic amines) is 1. The molecule has 2 nitrogen and oxygen atoms in total. The van der Waals surface area contributed by atoms with Crippen LogP contribution in [0.2, 0.25) is 0 Å². The molecule has 1 amide bonds. The van der Waals surface area contributed by atoms with Gasteiger partial charge in [0.25, 0.3) is 5.91 Å². The molecule has 90 valence electrons. The Balaban J connectivity index is 1.77. The number of carbonyl (C=O) groups is 1. The molecule has 3 rings (SSSR count). The maximum Gasteiger partial charge on any atom is 0.254 e. The number of alkyl halides is 1. The smallest absolute Gasteiger partial charge is 0.254 e. The van der Waals surface area contributed by atoms with Gasteiger partial charge in [-0.15, -0.1) is 11.6 Å². The Morgan fingerprint density at radius 1 is 1.29 bits per heavy atom. The minimum Gasteiger partial charge on any atom is -0.335 e. The standard InChI is InChI=1S/C14H16ClNO/c15-8-10-1-4-12(5-2-10)14(17)16-9-11-3-6-13(16)7-11/h1-2,4-5,11,13H,3,6-9H2. The number of hydrogen-bond donors (Lipinski definition) is 0. The second-order valence-electron chi connectivity index (χ2n) is 5.12. The Morgan fingerprint density at radius 2 is 2.06 bits per heavy atom. The van der Waals surface area contributed by atoms with Crippen molar-refractivity contribution in [2.24, 2.45) is 5.92 Å². The number of benzene rings is 1. The first-order chi connectivity index (χ1) is 8.28. The van der Waals surface area contributed by atoms with E-state index in [1.807, 2.05) is 24.3 Å². The number of nitrogens with zero attached hydrogens (tertiary/aromatic N) is 1. The molecule has 2 atom stereocenters. The molecule has 2 fully saturated rings. The maximum absolute atomic E-state index is 12.3. The number of amides is 1. The van der Waals surface area contributed by atoms with E-state index in [0.29, 0.717) is 11.9 Å². The average molecular weight is 250 g/mol. The lowest BCUT2D eigenvalue weighted by Crippen LogP contribution is -2.37. The fourth-order valence-corrected chi connectivity index (χ4v) is 3.25. The van der Waals surface area contributed by atoms with Crippen LogP contribution in [0.25, 0.3) is 0 Å². The van der Waals surface area contributed by atoms with Crippen molar-refractivity contribution in [1.82, 2.24) is 4.90 Å². The van der Waals surface area contributed by atoms with Crippen molar-refractivity contribution in [2.45, 2.75) is 31.2 Å². The molecule has 0 radical (unpaired) electrons. The van der Waals surface area contributed by atoms with Crippen molar-refractivity contribution in [1.29, 1.82) is 0 Å². The van der Waals surface area contributed by atoms with Crippen LogP contribution < -0.4 is 0 Å². The zero-order valence-corrected chi connectivity index (χ0v) is 10.5. The lowest BCUT2D eigenvalue weighted by Gasteiger charge is -2.27. The summed E-state index contributed by atoms with van der Waals surface area (Å²) in [7, 11) is 0. The van der Waals surface area contributed by atoms with Gasteiger partial charge in [-0.2, -0.15) is 0 Å². The number of rotatable bonds is 2. The van der Waals surface area contributed by atoms with Crippen LogP contribution in [0.3, 0.4) is 0 Å². The minimum absolute atomic E-state index is 0.193. The van der Waals surface area contributed by atoms with Crippen LogP contribution in [0.1, 0.15) is 35.2 Å². The van der Waals surface area contributed by atoms with Crippen LogP contribution >= 0.6 is 11.6 Å². The van der Waals surface area contributed by atoms with Gasteiger partial charge in [0.1, 0.15) is 0 Å². The first-order valence-electron chi connectivity index (χ1n) is 6.24. The highest BCUT2D eigenvalue weighted by molar-refractivity contribution is 6.17. The Bertz CT molecular complexity index is 428. The van der Waals surface area contributed by atoms with Gasteiger partial charge in [0.15, 0.2) is 0 Å². The molecule has 0 N–H and O–H groups in total. The monoisotopic (exact) mass is 249 g/mol. The summed E-state index contributed by atoms with van der Waals surface area (Å²) in [5.41, 5.74) is 1.86. The normalized spacial score (nSPS) is 26.5. The van der Waals surface area contributed by atoms with Crippen LogP contribution in [-0.2, 0) is 5.88 Å². The summed E-state index contributed by atoms with van der Waals surface area (Å²) in [5.74, 6) is 1.45. The quantitative estimate of drug-likeness (QED) is 0.738. The topological polar surface area (TPSA) is 20.3 Å². The van der Waals surface area contributed by atoms with Crippen LogP contribution in [0.4, 0.5) is 0 Å². The SMILES string of the molecule is O=C(c1ccc(CCl)cc1)N1CC2CCC1C2. The predicted molar refractivity (Wildman–Crippen MR) is 68.2 cm³/mol. The molecule has 1 aromatic rings. The van der Waals surface area contributed by atoms with E-state index in [9.17, 15) is 4.79 Å². The summed E-state index contributed by atoms with van der Waals surface area (Å²) >= 11 is 5.74. The van der Waals surface area contributed by atoms with E-state index >= 15 is 0 Å². The summed E-state index contributed by atoms with van der Waals surface area (Å²) in [5, 5.41) is 0. The highest BCUT2D eigenvalue weighted by Crippen LogP contribution is 2.38. The van der Waals surface area contributed by atoms with Gasteiger partial charge in [-0.1, -0.05) is 12.1 Å². The molecular weight excluding hydrogens is 234 g/mol. The van der Waals surface area contributed by atoms with Crippen LogP contribution in [0.15, 0.2) is 24.3 Å². The molecule has 3 heteroatoms. The van der Waals surface area contributed by atoms with Crippen molar-refractivity contribution in [2.75, 3.05) is 6.54 Å². The van der Waals surface area contributed by atoms with E-state index in [1.54, 1.807) is 0 Å². The van der Waals surface area contributed by atoms with E-state index in [0.717, 1.165) is 23.6 Å². The zero-order valence-electron chi connectivity index (χ0n) is 9.73. The largest absolute Gasteiger partial charge is 0.335 e. The fraction of sp³-hybridized carbons (Fsp3) is 0.500. The Kier molecular flexibility index (Phi) is 2.83. The second-order valence-corrected chi connectivity index (χ2v) is 5.39. The van der Waals surface area contributed by atoms with Gasteiger partial charge in [-0.05, 0) is 42.9 Å². The Morgan fingerprint density at radius 3 is 2.59 bits per heavy atom. The summed E-state index contributed by atoms with van der Waals surface area (Å²) in [6, 6.07) is 8.17. The highest BCUT2D eigenvalue weighted by atomic mass is 35.5. The summed E-state index contributed by atoms with van der Waals surface area (Å²) in [6.07, 6.45) is 3.71. The van der Waals surface area contributed by atoms with Crippen LogP contribution in [0.5, 0.6) is 0 Å². The molecule has 17 heavy (non-hydrogen) atoms. The molecule has 0 aromatic heterocycles. The maximum atomic E-state index is 12.3. The first kappa shape index (κ1) is 11.1. The van der Waals surface area contributed by atoms with Gasteiger partial charge in [-0.3, -0.25) is 4.79 Å². The van der Waals surface area contributed by atoms with Crippen molar-refractivity contribution in [3.8, 4) is 0 Å². The molecular formula is C14H16ClNO. The van der Waals surface area contributed by atoms with Gasteiger partial charge >= 0.3 is 0 Å². The van der Waals surface area contributed by atoms with Gasteiger partial charge in [0, 0.05) is 24.0 Å². The van der Waals surface area contributed by atoms with Crippen molar-refractivity contribution in [3.05, 3.63) is 35.4 Å². The van der Waals surface area contributed by atoms with Crippen molar-refractivity contribution < 1.29 is 4.79 Å². The van der Waals surface area contributed by atoms with E-state index in [2.05, 4.69) is 4.90 Å². The molecule has 1 heterocycles. The van der Waals surface area contributed by atoms with Crippen LogP contribution in [0, 0.1) is 5.92 Å². The molecule has 2 bridgehead atoms.